The summed E-state index contributed by atoms with van der Waals surface area (Å²) in [6.07, 6.45) is 0. The molecule has 0 saturated heterocycles. The van der Waals surface area contributed by atoms with Crippen LogP contribution in [0.15, 0.2) is 48.5 Å². The summed E-state index contributed by atoms with van der Waals surface area (Å²) in [7, 11) is -2.01. The molecule has 0 saturated carbocycles. The standard InChI is InChI=1S/C54H73O5P/c1-30-22-33(45-37-24-34(49(4,5)6)27-40(54(19,20)21)47(37)56-48(45)55)23-31(2)46(30)59-60-57-41-28-35(50(7,8)9)25-38(52(13,14)15)43(41)32(3)44-39(53(16,17)18)26-36(51(10,11)12)29-42(44)58-60/h22-29,32,45H,1-21H3. The summed E-state index contributed by atoms with van der Waals surface area (Å²) in [6, 6.07) is 17.8. The van der Waals surface area contributed by atoms with Gasteiger partial charge in [-0.1, -0.05) is 168 Å². The van der Waals surface area contributed by atoms with Crippen molar-refractivity contribution in [2.45, 2.75) is 190 Å². The van der Waals surface area contributed by atoms with E-state index in [9.17, 15) is 4.79 Å². The molecule has 1 atom stereocenters. The summed E-state index contributed by atoms with van der Waals surface area (Å²) in [4.78, 5) is 13.9. The molecule has 324 valence electrons. The molecule has 4 aromatic carbocycles. The van der Waals surface area contributed by atoms with E-state index in [0.29, 0.717) is 11.5 Å². The Hall–Kier alpha value is -3.82. The average Bonchev–Trinajstić information content (AvgIpc) is 3.40. The van der Waals surface area contributed by atoms with Gasteiger partial charge in [-0.15, -0.1) is 0 Å². The van der Waals surface area contributed by atoms with E-state index in [1.165, 1.54) is 38.9 Å². The molecular formula is C54H73O5P. The Balaban J connectivity index is 1.54. The molecule has 0 bridgehead atoms. The third kappa shape index (κ3) is 8.77. The number of fused-ring (bicyclic) bond motifs is 3. The minimum Gasteiger partial charge on any atom is -0.425 e. The fraction of sp³-hybridized carbons (Fsp3) is 0.537. The van der Waals surface area contributed by atoms with E-state index in [0.717, 1.165) is 39.3 Å². The molecule has 2 aliphatic rings. The normalized spacial score (nSPS) is 18.7. The quantitative estimate of drug-likeness (QED) is 0.117. The van der Waals surface area contributed by atoms with Gasteiger partial charge in [0.2, 0.25) is 0 Å². The number of carbonyl (C=O) groups is 1. The third-order valence-electron chi connectivity index (χ3n) is 12.4. The number of hydrogen-bond donors (Lipinski definition) is 0. The van der Waals surface area contributed by atoms with Crippen molar-refractivity contribution in [1.29, 1.82) is 0 Å². The highest BCUT2D eigenvalue weighted by molar-refractivity contribution is 7.43. The molecule has 0 aliphatic carbocycles. The lowest BCUT2D eigenvalue weighted by Gasteiger charge is -2.37. The number of ether oxygens (including phenoxy) is 1. The topological polar surface area (TPSA) is 54.0 Å². The van der Waals surface area contributed by atoms with Crippen LogP contribution in [0.3, 0.4) is 0 Å². The number of carbonyl (C=O) groups excluding carboxylic acids is 1. The van der Waals surface area contributed by atoms with Crippen LogP contribution in [-0.4, -0.2) is 5.97 Å². The van der Waals surface area contributed by atoms with Gasteiger partial charge in [-0.25, -0.2) is 0 Å². The first kappa shape index (κ1) is 45.7. The maximum Gasteiger partial charge on any atom is 0.530 e. The molecule has 5 nitrogen and oxygen atoms in total. The molecule has 0 radical (unpaired) electrons. The van der Waals surface area contributed by atoms with E-state index in [1.54, 1.807) is 0 Å². The fourth-order valence-corrected chi connectivity index (χ4v) is 9.88. The van der Waals surface area contributed by atoms with E-state index in [2.05, 4.69) is 180 Å². The third-order valence-corrected chi connectivity index (χ3v) is 13.4. The first-order valence-corrected chi connectivity index (χ1v) is 23.0. The Bertz CT molecular complexity index is 2230. The summed E-state index contributed by atoms with van der Waals surface area (Å²) in [6.45, 7) is 46.9. The SMILES string of the molecule is Cc1cc(C2C(=O)Oc3c2cc(C(C)(C)C)cc3C(C)(C)C)cc(C)c1OP1Oc2cc(C(C)(C)C)cc(C(C)(C)C)c2C(C)c2c(cc(C(C)(C)C)cc2C(C)(C)C)O1. The van der Waals surface area contributed by atoms with Crippen LogP contribution in [0.1, 0.15) is 210 Å². The first-order chi connectivity index (χ1) is 27.2. The van der Waals surface area contributed by atoms with Crippen LogP contribution in [0.25, 0.3) is 0 Å². The fourth-order valence-electron chi connectivity index (χ4n) is 8.71. The highest BCUT2D eigenvalue weighted by Crippen LogP contribution is 2.56. The van der Waals surface area contributed by atoms with Gasteiger partial charge in [0.05, 0.1) is 0 Å². The molecule has 6 rings (SSSR count). The van der Waals surface area contributed by atoms with Crippen LogP contribution in [0.4, 0.5) is 0 Å². The molecule has 0 amide bonds. The van der Waals surface area contributed by atoms with Crippen LogP contribution in [0.2, 0.25) is 0 Å². The summed E-state index contributed by atoms with van der Waals surface area (Å²) >= 11 is 0. The second kappa shape index (κ2) is 14.9. The molecule has 1 unspecified atom stereocenters. The highest BCUT2D eigenvalue weighted by Gasteiger charge is 2.42. The van der Waals surface area contributed by atoms with E-state index in [1.807, 2.05) is 13.8 Å². The predicted octanol–water partition coefficient (Wildman–Crippen LogP) is 15.4. The summed E-state index contributed by atoms with van der Waals surface area (Å²) in [5.74, 6) is 2.18. The largest absolute Gasteiger partial charge is 0.530 e. The minimum atomic E-state index is -2.01. The van der Waals surface area contributed by atoms with Crippen LogP contribution in [0, 0.1) is 13.8 Å². The molecule has 0 fully saturated rings. The molecule has 0 spiro atoms. The number of esters is 1. The van der Waals surface area contributed by atoms with Gasteiger partial charge >= 0.3 is 14.6 Å². The van der Waals surface area contributed by atoms with E-state index < -0.39 is 14.5 Å². The van der Waals surface area contributed by atoms with Crippen LogP contribution in [-0.2, 0) is 37.3 Å². The zero-order valence-corrected chi connectivity index (χ0v) is 41.7. The lowest BCUT2D eigenvalue weighted by atomic mass is 9.71. The van der Waals surface area contributed by atoms with Crippen LogP contribution < -0.4 is 18.3 Å². The summed E-state index contributed by atoms with van der Waals surface area (Å²) in [5, 5.41) is 0. The van der Waals surface area contributed by atoms with Crippen molar-refractivity contribution in [3.8, 4) is 23.0 Å². The van der Waals surface area contributed by atoms with Crippen molar-refractivity contribution in [1.82, 2.24) is 0 Å². The Morgan fingerprint density at radius 1 is 0.517 bits per heavy atom. The lowest BCUT2D eigenvalue weighted by Crippen LogP contribution is -2.25. The van der Waals surface area contributed by atoms with Crippen molar-refractivity contribution in [3.05, 3.63) is 115 Å². The zero-order chi connectivity index (χ0) is 45.0. The maximum atomic E-state index is 13.9. The van der Waals surface area contributed by atoms with Crippen LogP contribution in [0.5, 0.6) is 23.0 Å². The second-order valence-electron chi connectivity index (χ2n) is 23.9. The van der Waals surface area contributed by atoms with Gasteiger partial charge in [0.15, 0.2) is 0 Å². The van der Waals surface area contributed by atoms with Crippen molar-refractivity contribution in [2.75, 3.05) is 0 Å². The van der Waals surface area contributed by atoms with Crippen LogP contribution >= 0.6 is 8.60 Å². The number of rotatable bonds is 3. The van der Waals surface area contributed by atoms with Gasteiger partial charge < -0.3 is 18.3 Å². The minimum absolute atomic E-state index is 0.0203. The number of benzene rings is 4. The zero-order valence-electron chi connectivity index (χ0n) is 40.8. The summed E-state index contributed by atoms with van der Waals surface area (Å²) in [5.41, 5.74) is 12.3. The monoisotopic (exact) mass is 833 g/mol. The van der Waals surface area contributed by atoms with Crippen molar-refractivity contribution >= 4 is 14.6 Å². The Morgan fingerprint density at radius 3 is 1.28 bits per heavy atom. The van der Waals surface area contributed by atoms with Crippen molar-refractivity contribution < 1.29 is 23.1 Å². The Kier molecular flexibility index (Phi) is 11.4. The van der Waals surface area contributed by atoms with Crippen molar-refractivity contribution in [3.63, 3.8) is 0 Å². The van der Waals surface area contributed by atoms with Crippen molar-refractivity contribution in [2.24, 2.45) is 0 Å². The highest BCUT2D eigenvalue weighted by atomic mass is 31.2. The second-order valence-corrected chi connectivity index (χ2v) is 24.9. The molecule has 4 aromatic rings. The molecule has 2 aliphatic heterocycles. The van der Waals surface area contributed by atoms with Gasteiger partial charge in [-0.3, -0.25) is 4.79 Å². The average molecular weight is 833 g/mol. The molecule has 60 heavy (non-hydrogen) atoms. The van der Waals surface area contributed by atoms with Gasteiger partial charge in [0.25, 0.3) is 0 Å². The molecule has 6 heteroatoms. The van der Waals surface area contributed by atoms with Gasteiger partial charge in [-0.2, -0.15) is 0 Å². The first-order valence-electron chi connectivity index (χ1n) is 21.9. The Labute approximate surface area is 364 Å². The van der Waals surface area contributed by atoms with Gasteiger partial charge in [0.1, 0.15) is 28.9 Å². The molecule has 0 aromatic heterocycles. The van der Waals surface area contributed by atoms with E-state index in [4.69, 9.17) is 18.3 Å². The molecule has 2 heterocycles. The van der Waals surface area contributed by atoms with E-state index in [-0.39, 0.29) is 44.4 Å². The molecular weight excluding hydrogens is 760 g/mol. The smallest absolute Gasteiger partial charge is 0.425 e. The van der Waals surface area contributed by atoms with Gasteiger partial charge in [-0.05, 0) is 103 Å². The molecule has 0 N–H and O–H groups in total. The maximum absolute atomic E-state index is 13.9. The predicted molar refractivity (Wildman–Crippen MR) is 251 cm³/mol. The van der Waals surface area contributed by atoms with Gasteiger partial charge in [0, 0.05) is 28.2 Å². The number of aryl methyl sites for hydroxylation is 2. The lowest BCUT2D eigenvalue weighted by molar-refractivity contribution is -0.133. The summed E-state index contributed by atoms with van der Waals surface area (Å²) < 4.78 is 27.5. The van der Waals surface area contributed by atoms with E-state index >= 15 is 0 Å². The number of hydrogen-bond acceptors (Lipinski definition) is 5. The Morgan fingerprint density at radius 2 is 0.900 bits per heavy atom.